The fourth-order valence-corrected chi connectivity index (χ4v) is 1.88. The van der Waals surface area contributed by atoms with Crippen LogP contribution < -0.4 is 5.32 Å². The maximum Gasteiger partial charge on any atom is 0.137 e. The first-order valence-corrected chi connectivity index (χ1v) is 6.89. The molecular weight excluding hydrogens is 253 g/mol. The van der Waals surface area contributed by atoms with Crippen LogP contribution in [0.4, 0.5) is 4.39 Å². The molecule has 3 heteroatoms. The van der Waals surface area contributed by atoms with Gasteiger partial charge in [0.25, 0.3) is 0 Å². The van der Waals surface area contributed by atoms with Gasteiger partial charge < -0.3 is 9.73 Å². The van der Waals surface area contributed by atoms with E-state index in [-0.39, 0.29) is 5.82 Å². The maximum absolute atomic E-state index is 13.6. The second-order valence-electron chi connectivity index (χ2n) is 5.14. The lowest BCUT2D eigenvalue weighted by Gasteiger charge is -2.03. The summed E-state index contributed by atoms with van der Waals surface area (Å²) in [7, 11) is 0. The van der Waals surface area contributed by atoms with Gasteiger partial charge in [0.2, 0.25) is 0 Å². The number of benzene rings is 1. The van der Waals surface area contributed by atoms with E-state index < -0.39 is 0 Å². The fraction of sp³-hybridized carbons (Fsp3) is 0.294. The van der Waals surface area contributed by atoms with Crippen LogP contribution in [0.3, 0.4) is 0 Å². The predicted molar refractivity (Wildman–Crippen MR) is 80.8 cm³/mol. The molecule has 106 valence electrons. The van der Waals surface area contributed by atoms with Gasteiger partial charge in [0, 0.05) is 6.54 Å². The summed E-state index contributed by atoms with van der Waals surface area (Å²) in [6, 6.07) is 10.3. The molecule has 2 nitrogen and oxygen atoms in total. The Bertz CT molecular complexity index is 572. The lowest BCUT2D eigenvalue weighted by molar-refractivity contribution is 0.560. The molecule has 0 unspecified atom stereocenters. The minimum Gasteiger partial charge on any atom is -0.457 e. The van der Waals surface area contributed by atoms with Gasteiger partial charge in [0.05, 0.1) is 5.56 Å². The molecule has 1 aromatic heterocycles. The maximum atomic E-state index is 13.6. The summed E-state index contributed by atoms with van der Waals surface area (Å²) in [5, 5.41) is 3.31. The first kappa shape index (κ1) is 14.5. The van der Waals surface area contributed by atoms with Crippen LogP contribution in [0.1, 0.15) is 19.6 Å². The van der Waals surface area contributed by atoms with E-state index >= 15 is 0 Å². The Morgan fingerprint density at radius 3 is 2.75 bits per heavy atom. The molecule has 20 heavy (non-hydrogen) atoms. The second-order valence-corrected chi connectivity index (χ2v) is 5.14. The molecule has 0 bridgehead atoms. The van der Waals surface area contributed by atoms with Crippen LogP contribution in [0.25, 0.3) is 17.4 Å². The highest BCUT2D eigenvalue weighted by Gasteiger charge is 2.07. The normalized spacial score (nSPS) is 11.6. The zero-order valence-electron chi connectivity index (χ0n) is 11.9. The Morgan fingerprint density at radius 1 is 1.20 bits per heavy atom. The molecule has 0 amide bonds. The van der Waals surface area contributed by atoms with Crippen LogP contribution in [0.2, 0.25) is 0 Å². The fourth-order valence-electron chi connectivity index (χ4n) is 1.88. The highest BCUT2D eigenvalue weighted by atomic mass is 19.1. The van der Waals surface area contributed by atoms with Gasteiger partial charge in [-0.1, -0.05) is 32.1 Å². The average molecular weight is 273 g/mol. The minimum atomic E-state index is -0.268. The van der Waals surface area contributed by atoms with Crippen molar-refractivity contribution < 1.29 is 8.81 Å². The lowest BCUT2D eigenvalue weighted by atomic mass is 10.1. The molecule has 0 saturated carbocycles. The van der Waals surface area contributed by atoms with E-state index in [1.165, 1.54) is 6.07 Å². The summed E-state index contributed by atoms with van der Waals surface area (Å²) in [5.74, 6) is 1.66. The number of rotatable bonds is 6. The second kappa shape index (κ2) is 7.06. The van der Waals surface area contributed by atoms with Crippen molar-refractivity contribution in [2.45, 2.75) is 13.8 Å². The van der Waals surface area contributed by atoms with Crippen molar-refractivity contribution in [3.05, 3.63) is 54.1 Å². The number of nitrogens with one attached hydrogen (secondary N) is 1. The Balaban J connectivity index is 1.96. The zero-order valence-corrected chi connectivity index (χ0v) is 11.9. The molecule has 0 aliphatic heterocycles. The van der Waals surface area contributed by atoms with Crippen LogP contribution in [0.5, 0.6) is 0 Å². The molecule has 2 aromatic rings. The SMILES string of the molecule is CC(C)CNCC=Cc1ccc(-c2ccccc2F)o1. The van der Waals surface area contributed by atoms with Crippen LogP contribution in [-0.2, 0) is 0 Å². The Hall–Kier alpha value is -1.87. The lowest BCUT2D eigenvalue weighted by Crippen LogP contribution is -2.19. The Morgan fingerprint density at radius 2 is 2.00 bits per heavy atom. The smallest absolute Gasteiger partial charge is 0.137 e. The minimum absolute atomic E-state index is 0.268. The van der Waals surface area contributed by atoms with Crippen molar-refractivity contribution in [2.75, 3.05) is 13.1 Å². The molecule has 1 aromatic carbocycles. The highest BCUT2D eigenvalue weighted by Crippen LogP contribution is 2.25. The van der Waals surface area contributed by atoms with E-state index in [2.05, 4.69) is 19.2 Å². The van der Waals surface area contributed by atoms with E-state index in [0.29, 0.717) is 17.2 Å². The van der Waals surface area contributed by atoms with E-state index in [9.17, 15) is 4.39 Å². The molecule has 1 heterocycles. The summed E-state index contributed by atoms with van der Waals surface area (Å²) in [4.78, 5) is 0. The van der Waals surface area contributed by atoms with Crippen LogP contribution >= 0.6 is 0 Å². The van der Waals surface area contributed by atoms with E-state index in [0.717, 1.165) is 18.8 Å². The topological polar surface area (TPSA) is 25.2 Å². The van der Waals surface area contributed by atoms with Crippen LogP contribution in [0.15, 0.2) is 46.9 Å². The van der Waals surface area contributed by atoms with Gasteiger partial charge in [-0.25, -0.2) is 4.39 Å². The summed E-state index contributed by atoms with van der Waals surface area (Å²) < 4.78 is 19.2. The predicted octanol–water partition coefficient (Wildman–Crippen LogP) is 4.34. The van der Waals surface area contributed by atoms with E-state index in [4.69, 9.17) is 4.42 Å². The van der Waals surface area contributed by atoms with Crippen molar-refractivity contribution in [1.82, 2.24) is 5.32 Å². The number of furan rings is 1. The molecular formula is C17H20FNO. The number of halogens is 1. The molecule has 0 fully saturated rings. The van der Waals surface area contributed by atoms with Gasteiger partial charge in [-0.15, -0.1) is 0 Å². The number of hydrogen-bond acceptors (Lipinski definition) is 2. The van der Waals surface area contributed by atoms with Crippen LogP contribution in [0, 0.1) is 11.7 Å². The van der Waals surface area contributed by atoms with Gasteiger partial charge in [0.15, 0.2) is 0 Å². The summed E-state index contributed by atoms with van der Waals surface area (Å²) in [6.45, 7) is 6.13. The zero-order chi connectivity index (χ0) is 14.4. The number of hydrogen-bond donors (Lipinski definition) is 1. The first-order valence-electron chi connectivity index (χ1n) is 6.89. The summed E-state index contributed by atoms with van der Waals surface area (Å²) >= 11 is 0. The van der Waals surface area contributed by atoms with Crippen LogP contribution in [-0.4, -0.2) is 13.1 Å². The van der Waals surface area contributed by atoms with Gasteiger partial charge in [0.1, 0.15) is 17.3 Å². The molecule has 1 N–H and O–H groups in total. The molecule has 0 radical (unpaired) electrons. The molecule has 0 atom stereocenters. The van der Waals surface area contributed by atoms with E-state index in [1.807, 2.05) is 18.2 Å². The standard InChI is InChI=1S/C17H20FNO/c1-13(2)12-19-11-5-6-14-9-10-17(20-14)15-7-3-4-8-16(15)18/h3-10,13,19H,11-12H2,1-2H3. The Labute approximate surface area is 119 Å². The van der Waals surface area contributed by atoms with Gasteiger partial charge in [-0.3, -0.25) is 0 Å². The third kappa shape index (κ3) is 4.07. The quantitative estimate of drug-likeness (QED) is 0.792. The summed E-state index contributed by atoms with van der Waals surface area (Å²) in [5.41, 5.74) is 0.491. The van der Waals surface area contributed by atoms with Crippen molar-refractivity contribution >= 4 is 6.08 Å². The van der Waals surface area contributed by atoms with Crippen molar-refractivity contribution in [1.29, 1.82) is 0 Å². The molecule has 0 aliphatic carbocycles. The molecule has 0 saturated heterocycles. The third-order valence-corrected chi connectivity index (χ3v) is 2.86. The molecule has 0 spiro atoms. The van der Waals surface area contributed by atoms with Gasteiger partial charge >= 0.3 is 0 Å². The largest absolute Gasteiger partial charge is 0.457 e. The summed E-state index contributed by atoms with van der Waals surface area (Å²) in [6.07, 6.45) is 3.91. The van der Waals surface area contributed by atoms with Crippen molar-refractivity contribution in [3.63, 3.8) is 0 Å². The van der Waals surface area contributed by atoms with Gasteiger partial charge in [-0.05, 0) is 42.8 Å². The molecule has 0 aliphatic rings. The first-order chi connectivity index (χ1) is 9.66. The van der Waals surface area contributed by atoms with E-state index in [1.54, 1.807) is 24.3 Å². The van der Waals surface area contributed by atoms with Crippen molar-refractivity contribution in [2.24, 2.45) is 5.92 Å². The van der Waals surface area contributed by atoms with Crippen molar-refractivity contribution in [3.8, 4) is 11.3 Å². The highest BCUT2D eigenvalue weighted by molar-refractivity contribution is 5.60. The average Bonchev–Trinajstić information content (AvgIpc) is 2.87. The Kier molecular flexibility index (Phi) is 5.13. The molecule has 2 rings (SSSR count). The third-order valence-electron chi connectivity index (χ3n) is 2.86. The van der Waals surface area contributed by atoms with Gasteiger partial charge in [-0.2, -0.15) is 0 Å². The monoisotopic (exact) mass is 273 g/mol.